The zero-order valence-corrected chi connectivity index (χ0v) is 11.7. The fourth-order valence-electron chi connectivity index (χ4n) is 2.25. The van der Waals surface area contributed by atoms with Gasteiger partial charge in [0.1, 0.15) is 18.5 Å². The molecule has 0 aliphatic heterocycles. The molecule has 0 radical (unpaired) electrons. The van der Waals surface area contributed by atoms with Gasteiger partial charge in [0.05, 0.1) is 0 Å². The second-order valence-corrected chi connectivity index (χ2v) is 5.55. The van der Waals surface area contributed by atoms with E-state index in [0.29, 0.717) is 24.9 Å². The first kappa shape index (κ1) is 14.2. The molecule has 0 bridgehead atoms. The number of likely N-dealkylation sites (N-methyl/N-ethyl adjacent to an activating group) is 1. The third-order valence-electron chi connectivity index (χ3n) is 3.82. The highest BCUT2D eigenvalue weighted by atomic mass is 16.5. The molecule has 0 heterocycles. The number of rotatable bonds is 7. The van der Waals surface area contributed by atoms with Gasteiger partial charge in [-0.05, 0) is 57.0 Å². The second-order valence-electron chi connectivity index (χ2n) is 5.55. The van der Waals surface area contributed by atoms with E-state index in [0.717, 1.165) is 11.7 Å². The van der Waals surface area contributed by atoms with Crippen LogP contribution < -0.4 is 10.5 Å². The molecule has 0 spiro atoms. The van der Waals surface area contributed by atoms with E-state index in [1.807, 2.05) is 12.1 Å². The number of benzene rings is 1. The Labute approximate surface area is 115 Å². The number of nitrogens with two attached hydrogens (primary N) is 1. The Bertz CT molecular complexity index is 390. The van der Waals surface area contributed by atoms with Gasteiger partial charge in [0, 0.05) is 18.3 Å². The highest BCUT2D eigenvalue weighted by Crippen LogP contribution is 2.34. The van der Waals surface area contributed by atoms with Crippen LogP contribution in [-0.2, 0) is 0 Å². The summed E-state index contributed by atoms with van der Waals surface area (Å²) >= 11 is 0. The number of ether oxygens (including phenoxy) is 1. The molecule has 2 rings (SSSR count). The van der Waals surface area contributed by atoms with Crippen molar-refractivity contribution < 1.29 is 9.84 Å². The van der Waals surface area contributed by atoms with E-state index in [2.05, 4.69) is 18.9 Å². The number of nitrogen functional groups attached to an aromatic ring is 1. The zero-order chi connectivity index (χ0) is 13.8. The molecule has 4 heteroatoms. The molecule has 1 aromatic rings. The van der Waals surface area contributed by atoms with Crippen LogP contribution in [0, 0.1) is 5.92 Å². The van der Waals surface area contributed by atoms with Crippen molar-refractivity contribution >= 4 is 5.69 Å². The van der Waals surface area contributed by atoms with Gasteiger partial charge in [-0.2, -0.15) is 0 Å². The average Bonchev–Trinajstić information content (AvgIpc) is 3.21. The smallest absolute Gasteiger partial charge is 0.119 e. The molecule has 1 aromatic carbocycles. The topological polar surface area (TPSA) is 58.7 Å². The van der Waals surface area contributed by atoms with Crippen LogP contribution in [-0.4, -0.2) is 42.4 Å². The summed E-state index contributed by atoms with van der Waals surface area (Å²) in [6.07, 6.45) is 2.18. The Morgan fingerprint density at radius 2 is 2.00 bits per heavy atom. The largest absolute Gasteiger partial charge is 0.491 e. The van der Waals surface area contributed by atoms with Gasteiger partial charge in [-0.1, -0.05) is 0 Å². The van der Waals surface area contributed by atoms with Crippen molar-refractivity contribution in [3.05, 3.63) is 24.3 Å². The Morgan fingerprint density at radius 3 is 2.58 bits per heavy atom. The number of aliphatic hydroxyl groups excluding tert-OH is 1. The number of nitrogens with zero attached hydrogens (tertiary/aromatic N) is 1. The van der Waals surface area contributed by atoms with E-state index in [9.17, 15) is 5.11 Å². The lowest BCUT2D eigenvalue weighted by molar-refractivity contribution is 0.0623. The minimum atomic E-state index is -0.469. The summed E-state index contributed by atoms with van der Waals surface area (Å²) in [5.74, 6) is 1.56. The van der Waals surface area contributed by atoms with Crippen LogP contribution in [0.2, 0.25) is 0 Å². The summed E-state index contributed by atoms with van der Waals surface area (Å²) in [4.78, 5) is 2.22. The lowest BCUT2D eigenvalue weighted by Gasteiger charge is -2.26. The number of hydrogen-bond acceptors (Lipinski definition) is 4. The fraction of sp³-hybridized carbons (Fsp3) is 0.600. The highest BCUT2D eigenvalue weighted by molar-refractivity contribution is 5.41. The van der Waals surface area contributed by atoms with Gasteiger partial charge in [-0.15, -0.1) is 0 Å². The Morgan fingerprint density at radius 1 is 1.37 bits per heavy atom. The van der Waals surface area contributed by atoms with E-state index in [1.54, 1.807) is 12.1 Å². The van der Waals surface area contributed by atoms with Crippen LogP contribution in [0.1, 0.15) is 19.8 Å². The number of hydrogen-bond donors (Lipinski definition) is 2. The molecule has 19 heavy (non-hydrogen) atoms. The Kier molecular flexibility index (Phi) is 4.66. The predicted molar refractivity (Wildman–Crippen MR) is 77.2 cm³/mol. The van der Waals surface area contributed by atoms with E-state index >= 15 is 0 Å². The van der Waals surface area contributed by atoms with Crippen molar-refractivity contribution in [2.24, 2.45) is 5.92 Å². The van der Waals surface area contributed by atoms with Crippen LogP contribution in [0.4, 0.5) is 5.69 Å². The van der Waals surface area contributed by atoms with Gasteiger partial charge >= 0.3 is 0 Å². The third-order valence-corrected chi connectivity index (χ3v) is 3.82. The van der Waals surface area contributed by atoms with Crippen LogP contribution in [0.5, 0.6) is 5.75 Å². The van der Waals surface area contributed by atoms with Crippen LogP contribution in [0.25, 0.3) is 0 Å². The maximum Gasteiger partial charge on any atom is 0.119 e. The van der Waals surface area contributed by atoms with Gasteiger partial charge in [-0.25, -0.2) is 0 Å². The first-order valence-electron chi connectivity index (χ1n) is 6.93. The minimum absolute atomic E-state index is 0.311. The van der Waals surface area contributed by atoms with Crippen LogP contribution >= 0.6 is 0 Å². The quantitative estimate of drug-likeness (QED) is 0.737. The lowest BCUT2D eigenvalue weighted by Crippen LogP contribution is -2.39. The summed E-state index contributed by atoms with van der Waals surface area (Å²) in [5, 5.41) is 10.00. The molecule has 0 aromatic heterocycles. The lowest BCUT2D eigenvalue weighted by atomic mass is 10.2. The third kappa shape index (κ3) is 4.40. The molecule has 1 saturated carbocycles. The molecule has 106 valence electrons. The minimum Gasteiger partial charge on any atom is -0.491 e. The summed E-state index contributed by atoms with van der Waals surface area (Å²) in [6.45, 7) is 3.18. The molecule has 2 unspecified atom stereocenters. The summed E-state index contributed by atoms with van der Waals surface area (Å²) in [7, 11) is 2.06. The summed E-state index contributed by atoms with van der Waals surface area (Å²) < 4.78 is 5.55. The van der Waals surface area contributed by atoms with Crippen molar-refractivity contribution in [3.63, 3.8) is 0 Å². The van der Waals surface area contributed by atoms with Gasteiger partial charge in [-0.3, -0.25) is 0 Å². The zero-order valence-electron chi connectivity index (χ0n) is 11.7. The first-order valence-corrected chi connectivity index (χ1v) is 6.93. The maximum atomic E-state index is 10.00. The second kappa shape index (κ2) is 6.26. The highest BCUT2D eigenvalue weighted by Gasteiger charge is 2.30. The Hall–Kier alpha value is -1.26. The Balaban J connectivity index is 1.71. The summed E-state index contributed by atoms with van der Waals surface area (Å²) in [6, 6.07) is 7.77. The molecule has 4 nitrogen and oxygen atoms in total. The molecule has 1 aliphatic rings. The normalized spacial score (nSPS) is 18.3. The molecule has 3 N–H and O–H groups in total. The van der Waals surface area contributed by atoms with Crippen molar-refractivity contribution in [3.8, 4) is 5.75 Å². The molecular formula is C15H24N2O2. The molecule has 0 amide bonds. The van der Waals surface area contributed by atoms with Crippen LogP contribution in [0.15, 0.2) is 24.3 Å². The van der Waals surface area contributed by atoms with Crippen LogP contribution in [0.3, 0.4) is 0 Å². The molecule has 1 fully saturated rings. The van der Waals surface area contributed by atoms with Gasteiger partial charge in [0.25, 0.3) is 0 Å². The molecule has 1 aliphatic carbocycles. The SMILES string of the molecule is CC(C1CC1)N(C)CC(O)COc1ccc(N)cc1. The van der Waals surface area contributed by atoms with Crippen molar-refractivity contribution in [2.45, 2.75) is 31.9 Å². The maximum absolute atomic E-state index is 10.00. The molecule has 2 atom stereocenters. The van der Waals surface area contributed by atoms with Crippen molar-refractivity contribution in [1.82, 2.24) is 4.90 Å². The van der Waals surface area contributed by atoms with E-state index < -0.39 is 6.10 Å². The number of anilines is 1. The van der Waals surface area contributed by atoms with Crippen molar-refractivity contribution in [1.29, 1.82) is 0 Å². The monoisotopic (exact) mass is 264 g/mol. The number of aliphatic hydroxyl groups is 1. The predicted octanol–water partition coefficient (Wildman–Crippen LogP) is 1.74. The van der Waals surface area contributed by atoms with E-state index in [-0.39, 0.29) is 0 Å². The molecule has 0 saturated heterocycles. The molecular weight excluding hydrogens is 240 g/mol. The van der Waals surface area contributed by atoms with E-state index in [1.165, 1.54) is 12.8 Å². The average molecular weight is 264 g/mol. The van der Waals surface area contributed by atoms with Gasteiger partial charge in [0.15, 0.2) is 0 Å². The fourth-order valence-corrected chi connectivity index (χ4v) is 2.25. The first-order chi connectivity index (χ1) is 9.06. The standard InChI is InChI=1S/C15H24N2O2/c1-11(12-3-4-12)17(2)9-14(18)10-19-15-7-5-13(16)6-8-15/h5-8,11-12,14,18H,3-4,9-10,16H2,1-2H3. The van der Waals surface area contributed by atoms with Crippen molar-refractivity contribution in [2.75, 3.05) is 25.9 Å². The summed E-state index contributed by atoms with van der Waals surface area (Å²) in [5.41, 5.74) is 6.32. The van der Waals surface area contributed by atoms with Gasteiger partial charge in [0.2, 0.25) is 0 Å². The van der Waals surface area contributed by atoms with Gasteiger partial charge < -0.3 is 20.5 Å². The van der Waals surface area contributed by atoms with E-state index in [4.69, 9.17) is 10.5 Å².